The van der Waals surface area contributed by atoms with E-state index in [9.17, 15) is 10.1 Å². The van der Waals surface area contributed by atoms with Crippen LogP contribution in [-0.4, -0.2) is 50.8 Å². The van der Waals surface area contributed by atoms with E-state index in [2.05, 4.69) is 16.3 Å². The Kier molecular flexibility index (Phi) is 8.21. The van der Waals surface area contributed by atoms with Crippen molar-refractivity contribution in [2.75, 3.05) is 40.0 Å². The van der Waals surface area contributed by atoms with Crippen LogP contribution < -0.4 is 10.1 Å². The molecule has 1 saturated heterocycles. The molecule has 0 spiro atoms. The maximum absolute atomic E-state index is 13.3. The molecule has 174 valence electrons. The van der Waals surface area contributed by atoms with Crippen molar-refractivity contribution >= 4 is 17.7 Å². The molecule has 1 unspecified atom stereocenters. The van der Waals surface area contributed by atoms with Crippen LogP contribution >= 0.6 is 11.8 Å². The fraction of sp³-hybridized carbons (Fsp3) is 0.259. The predicted molar refractivity (Wildman–Crippen MR) is 132 cm³/mol. The van der Waals surface area contributed by atoms with Gasteiger partial charge in [0.2, 0.25) is 0 Å². The number of methoxy groups -OCH3 is 1. The summed E-state index contributed by atoms with van der Waals surface area (Å²) < 4.78 is 10.8. The van der Waals surface area contributed by atoms with Gasteiger partial charge in [0.1, 0.15) is 11.8 Å². The summed E-state index contributed by atoms with van der Waals surface area (Å²) in [5.41, 5.74) is 2.30. The van der Waals surface area contributed by atoms with Crippen molar-refractivity contribution in [1.82, 2.24) is 10.2 Å². The van der Waals surface area contributed by atoms with E-state index in [1.54, 1.807) is 13.2 Å². The van der Waals surface area contributed by atoms with Gasteiger partial charge in [-0.05, 0) is 42.0 Å². The van der Waals surface area contributed by atoms with E-state index in [1.165, 1.54) is 11.8 Å². The molecule has 0 bridgehead atoms. The Morgan fingerprint density at radius 2 is 1.74 bits per heavy atom. The molecule has 34 heavy (non-hydrogen) atoms. The first kappa shape index (κ1) is 23.8. The molecular weight excluding hydrogens is 446 g/mol. The Balaban J connectivity index is 1.52. The smallest absolute Gasteiger partial charge is 0.252 e. The summed E-state index contributed by atoms with van der Waals surface area (Å²) in [5, 5.41) is 12.6. The number of amides is 1. The lowest BCUT2D eigenvalue weighted by Crippen LogP contribution is -2.43. The second-order valence-corrected chi connectivity index (χ2v) is 8.94. The molecule has 1 fully saturated rings. The van der Waals surface area contributed by atoms with Crippen molar-refractivity contribution < 1.29 is 14.3 Å². The summed E-state index contributed by atoms with van der Waals surface area (Å²) in [6.45, 7) is 3.45. The minimum atomic E-state index is -0.135. The molecule has 0 saturated carbocycles. The van der Waals surface area contributed by atoms with Crippen LogP contribution in [0.5, 0.6) is 5.75 Å². The number of nitrogens with one attached hydrogen (secondary N) is 1. The number of benzene rings is 3. The van der Waals surface area contributed by atoms with Gasteiger partial charge >= 0.3 is 0 Å². The first-order valence-corrected chi connectivity index (χ1v) is 12.0. The van der Waals surface area contributed by atoms with Crippen LogP contribution in [0.3, 0.4) is 0 Å². The van der Waals surface area contributed by atoms with E-state index in [4.69, 9.17) is 9.47 Å². The highest BCUT2D eigenvalue weighted by atomic mass is 32.2. The van der Waals surface area contributed by atoms with Crippen LogP contribution in [0, 0.1) is 11.3 Å². The van der Waals surface area contributed by atoms with E-state index in [0.29, 0.717) is 30.9 Å². The maximum Gasteiger partial charge on any atom is 0.252 e. The number of ether oxygens (including phenoxy) is 2. The molecule has 1 N–H and O–H groups in total. The van der Waals surface area contributed by atoms with Crippen LogP contribution in [0.2, 0.25) is 0 Å². The third-order valence-electron chi connectivity index (χ3n) is 5.80. The normalized spacial score (nSPS) is 14.7. The van der Waals surface area contributed by atoms with Crippen molar-refractivity contribution in [3.8, 4) is 11.8 Å². The maximum atomic E-state index is 13.3. The molecule has 7 heteroatoms. The van der Waals surface area contributed by atoms with Crippen LogP contribution in [0.4, 0.5) is 0 Å². The highest BCUT2D eigenvalue weighted by Gasteiger charge is 2.24. The van der Waals surface area contributed by atoms with Crippen molar-refractivity contribution in [3.05, 3.63) is 89.5 Å². The fourth-order valence-electron chi connectivity index (χ4n) is 3.97. The summed E-state index contributed by atoms with van der Waals surface area (Å²) in [6, 6.07) is 25.2. The summed E-state index contributed by atoms with van der Waals surface area (Å²) >= 11 is 1.43. The topological polar surface area (TPSA) is 74.6 Å². The van der Waals surface area contributed by atoms with Crippen molar-refractivity contribution in [1.29, 1.82) is 5.26 Å². The quantitative estimate of drug-likeness (QED) is 0.519. The lowest BCUT2D eigenvalue weighted by atomic mass is 10.0. The van der Waals surface area contributed by atoms with Gasteiger partial charge in [0.15, 0.2) is 0 Å². The predicted octanol–water partition coefficient (Wildman–Crippen LogP) is 4.52. The highest BCUT2D eigenvalue weighted by Crippen LogP contribution is 2.32. The second kappa shape index (κ2) is 11.7. The molecular formula is C27H27N3O3S. The third kappa shape index (κ3) is 5.78. The monoisotopic (exact) mass is 473 g/mol. The van der Waals surface area contributed by atoms with Gasteiger partial charge in [-0.1, -0.05) is 48.2 Å². The Hall–Kier alpha value is -3.31. The largest absolute Gasteiger partial charge is 0.497 e. The van der Waals surface area contributed by atoms with Crippen molar-refractivity contribution in [2.45, 2.75) is 15.8 Å². The molecule has 4 rings (SSSR count). The number of carbonyl (C=O) groups is 1. The average molecular weight is 474 g/mol. The molecule has 3 aromatic rings. The molecule has 1 aliphatic rings. The molecule has 1 heterocycles. The van der Waals surface area contributed by atoms with E-state index < -0.39 is 0 Å². The molecule has 3 aromatic carbocycles. The van der Waals surface area contributed by atoms with E-state index in [0.717, 1.165) is 34.2 Å². The van der Waals surface area contributed by atoms with Gasteiger partial charge in [-0.15, -0.1) is 0 Å². The van der Waals surface area contributed by atoms with Crippen molar-refractivity contribution in [3.63, 3.8) is 0 Å². The van der Waals surface area contributed by atoms with Gasteiger partial charge in [-0.25, -0.2) is 0 Å². The van der Waals surface area contributed by atoms with Gasteiger partial charge in [-0.3, -0.25) is 9.69 Å². The van der Waals surface area contributed by atoms with Crippen LogP contribution in [0.1, 0.15) is 27.5 Å². The fourth-order valence-corrected chi connectivity index (χ4v) is 4.99. The molecule has 6 nitrogen and oxygen atoms in total. The number of carbonyl (C=O) groups excluding carboxylic acids is 1. The summed E-state index contributed by atoms with van der Waals surface area (Å²) in [7, 11) is 1.65. The van der Waals surface area contributed by atoms with Crippen LogP contribution in [0.25, 0.3) is 0 Å². The van der Waals surface area contributed by atoms with Gasteiger partial charge < -0.3 is 14.8 Å². The number of hydrogen-bond donors (Lipinski definition) is 1. The number of nitriles is 1. The summed E-state index contributed by atoms with van der Waals surface area (Å²) in [4.78, 5) is 17.3. The molecule has 1 aliphatic heterocycles. The zero-order valence-electron chi connectivity index (χ0n) is 19.1. The molecule has 0 aromatic heterocycles. The molecule has 1 atom stereocenters. The third-order valence-corrected chi connectivity index (χ3v) is 6.95. The second-order valence-electron chi connectivity index (χ2n) is 7.85. The minimum absolute atomic E-state index is 0.0258. The Morgan fingerprint density at radius 3 is 2.44 bits per heavy atom. The first-order chi connectivity index (χ1) is 16.7. The standard InChI is InChI=1S/C27H27N3O3S/c1-32-22-12-10-20(11-13-22)24(30-14-16-33-17-15-30)19-29-27(31)23-7-3-5-9-26(23)34-25-8-4-2-6-21(25)18-28/h2-13,24H,14-17,19H2,1H3,(H,29,31). The van der Waals surface area contributed by atoms with Crippen LogP contribution in [-0.2, 0) is 4.74 Å². The van der Waals surface area contributed by atoms with Crippen LogP contribution in [0.15, 0.2) is 82.6 Å². The van der Waals surface area contributed by atoms with Crippen molar-refractivity contribution in [2.24, 2.45) is 0 Å². The summed E-state index contributed by atoms with van der Waals surface area (Å²) in [6.07, 6.45) is 0. The summed E-state index contributed by atoms with van der Waals surface area (Å²) in [5.74, 6) is 0.668. The zero-order chi connectivity index (χ0) is 23.8. The first-order valence-electron chi connectivity index (χ1n) is 11.2. The number of nitrogens with zero attached hydrogens (tertiary/aromatic N) is 2. The minimum Gasteiger partial charge on any atom is -0.497 e. The molecule has 0 aliphatic carbocycles. The number of rotatable bonds is 8. The molecule has 1 amide bonds. The number of morpholine rings is 1. The van der Waals surface area contributed by atoms with E-state index in [1.807, 2.05) is 66.7 Å². The Bertz CT molecular complexity index is 1150. The lowest BCUT2D eigenvalue weighted by molar-refractivity contribution is 0.0162. The Labute approximate surface area is 204 Å². The Morgan fingerprint density at radius 1 is 1.06 bits per heavy atom. The SMILES string of the molecule is COc1ccc(C(CNC(=O)c2ccccc2Sc2ccccc2C#N)N2CCOCC2)cc1. The van der Waals surface area contributed by atoms with Gasteiger partial charge in [0.25, 0.3) is 5.91 Å². The van der Waals surface area contributed by atoms with Gasteiger partial charge in [0, 0.05) is 29.4 Å². The van der Waals surface area contributed by atoms with E-state index in [-0.39, 0.29) is 11.9 Å². The lowest BCUT2D eigenvalue weighted by Gasteiger charge is -2.35. The zero-order valence-corrected chi connectivity index (χ0v) is 19.9. The average Bonchev–Trinajstić information content (AvgIpc) is 2.90. The van der Waals surface area contributed by atoms with Gasteiger partial charge in [0.05, 0.1) is 37.5 Å². The van der Waals surface area contributed by atoms with Gasteiger partial charge in [-0.2, -0.15) is 5.26 Å². The van der Waals surface area contributed by atoms with E-state index >= 15 is 0 Å². The molecule has 0 radical (unpaired) electrons. The highest BCUT2D eigenvalue weighted by molar-refractivity contribution is 7.99. The number of hydrogen-bond acceptors (Lipinski definition) is 6.